The van der Waals surface area contributed by atoms with Crippen LogP contribution in [-0.4, -0.2) is 22.6 Å². The second-order valence-corrected chi connectivity index (χ2v) is 3.21. The summed E-state index contributed by atoms with van der Waals surface area (Å²) in [5.41, 5.74) is -0.583. The van der Waals surface area contributed by atoms with Crippen molar-refractivity contribution in [3.05, 3.63) is 12.2 Å². The van der Waals surface area contributed by atoms with Crippen molar-refractivity contribution in [2.75, 3.05) is 0 Å². The molecule has 0 heterocycles. The molecule has 0 spiro atoms. The first-order chi connectivity index (χ1) is 6.31. The summed E-state index contributed by atoms with van der Waals surface area (Å²) in [5, 5.41) is 8.17. The number of ether oxygens (including phenoxy) is 1. The Morgan fingerprint density at radius 2 is 1.57 bits per heavy atom. The molecule has 0 rings (SSSR count). The minimum Gasteiger partial charge on any atom is -0.478 e. The molecule has 0 saturated heterocycles. The van der Waals surface area contributed by atoms with Gasteiger partial charge in [0.15, 0.2) is 0 Å². The maximum atomic E-state index is 10.8. The van der Waals surface area contributed by atoms with E-state index in [-0.39, 0.29) is 0 Å². The molecule has 0 aliphatic carbocycles. The molecule has 82 valence electrons. The van der Waals surface area contributed by atoms with Crippen molar-refractivity contribution in [1.82, 2.24) is 0 Å². The van der Waals surface area contributed by atoms with Gasteiger partial charge < -0.3 is 9.84 Å². The van der Waals surface area contributed by atoms with Gasteiger partial charge in [-0.15, -0.1) is 0 Å². The number of carboxylic acids is 1. The Balaban J connectivity index is 0. The van der Waals surface area contributed by atoms with Crippen LogP contribution in [0.3, 0.4) is 0 Å². The minimum absolute atomic E-state index is 0.583. The van der Waals surface area contributed by atoms with E-state index in [1.807, 2.05) is 13.8 Å². The Hall–Kier alpha value is -1.32. The zero-order chi connectivity index (χ0) is 11.8. The van der Waals surface area contributed by atoms with Gasteiger partial charge in [-0.05, 0) is 20.8 Å². The Morgan fingerprint density at radius 3 is 1.86 bits per heavy atom. The molecule has 0 aliphatic rings. The zero-order valence-corrected chi connectivity index (χ0v) is 9.33. The summed E-state index contributed by atoms with van der Waals surface area (Å²) in [6.07, 6.45) is 1.63. The fourth-order valence-corrected chi connectivity index (χ4v) is 0.475. The average Bonchev–Trinajstić information content (AvgIpc) is 2.02. The monoisotopic (exact) mass is 202 g/mol. The predicted octanol–water partition coefficient (Wildman–Crippen LogP) is 2.00. The van der Waals surface area contributed by atoms with Crippen molar-refractivity contribution in [3.63, 3.8) is 0 Å². The third-order valence-corrected chi connectivity index (χ3v) is 0.769. The standard InChI is InChI=1S/C8H12O4.C2H6/c1-8(2,3)12-7(11)5-4-6(9)10;1-2/h4-5H,1-3H3,(H,9,10);1-2H3. The first-order valence-corrected chi connectivity index (χ1v) is 4.45. The molecule has 0 amide bonds. The molecule has 0 aromatic rings. The SMILES string of the molecule is CC.CC(C)(C)OC(=O)C=CC(=O)O. The van der Waals surface area contributed by atoms with Gasteiger partial charge in [-0.1, -0.05) is 13.8 Å². The van der Waals surface area contributed by atoms with Gasteiger partial charge in [0.1, 0.15) is 5.60 Å². The third-order valence-electron chi connectivity index (χ3n) is 0.769. The topological polar surface area (TPSA) is 63.6 Å². The summed E-state index contributed by atoms with van der Waals surface area (Å²) in [7, 11) is 0. The van der Waals surface area contributed by atoms with Crippen LogP contribution >= 0.6 is 0 Å². The van der Waals surface area contributed by atoms with Gasteiger partial charge in [0.2, 0.25) is 0 Å². The maximum Gasteiger partial charge on any atom is 0.331 e. The van der Waals surface area contributed by atoms with E-state index in [1.165, 1.54) is 0 Å². The molecule has 14 heavy (non-hydrogen) atoms. The van der Waals surface area contributed by atoms with Crippen LogP contribution in [0.25, 0.3) is 0 Å². The minimum atomic E-state index is -1.17. The quantitative estimate of drug-likeness (QED) is 0.549. The van der Waals surface area contributed by atoms with E-state index in [9.17, 15) is 9.59 Å². The average molecular weight is 202 g/mol. The number of carbonyl (C=O) groups excluding carboxylic acids is 1. The highest BCUT2D eigenvalue weighted by Crippen LogP contribution is 2.06. The van der Waals surface area contributed by atoms with Crippen LogP contribution in [-0.2, 0) is 14.3 Å². The van der Waals surface area contributed by atoms with Crippen molar-refractivity contribution in [3.8, 4) is 0 Å². The number of esters is 1. The van der Waals surface area contributed by atoms with E-state index in [0.29, 0.717) is 0 Å². The lowest BCUT2D eigenvalue weighted by Crippen LogP contribution is -2.22. The van der Waals surface area contributed by atoms with E-state index in [2.05, 4.69) is 0 Å². The molecule has 0 bridgehead atoms. The lowest BCUT2D eigenvalue weighted by Gasteiger charge is -2.17. The first-order valence-electron chi connectivity index (χ1n) is 4.45. The highest BCUT2D eigenvalue weighted by molar-refractivity contribution is 5.90. The molecule has 0 radical (unpaired) electrons. The molecule has 4 nitrogen and oxygen atoms in total. The van der Waals surface area contributed by atoms with Gasteiger partial charge in [-0.2, -0.15) is 0 Å². The lowest BCUT2D eigenvalue weighted by molar-refractivity contribution is -0.148. The summed E-state index contributed by atoms with van der Waals surface area (Å²) in [6.45, 7) is 9.12. The van der Waals surface area contributed by atoms with Gasteiger partial charge in [0.25, 0.3) is 0 Å². The van der Waals surface area contributed by atoms with E-state index < -0.39 is 17.5 Å². The van der Waals surface area contributed by atoms with Crippen molar-refractivity contribution >= 4 is 11.9 Å². The van der Waals surface area contributed by atoms with Crippen LogP contribution in [0, 0.1) is 0 Å². The zero-order valence-electron chi connectivity index (χ0n) is 9.33. The molecule has 0 unspecified atom stereocenters. The van der Waals surface area contributed by atoms with E-state index >= 15 is 0 Å². The fourth-order valence-electron chi connectivity index (χ4n) is 0.475. The molecule has 0 aromatic carbocycles. The Labute approximate surface area is 84.6 Å². The van der Waals surface area contributed by atoms with Crippen molar-refractivity contribution in [1.29, 1.82) is 0 Å². The summed E-state index contributed by atoms with van der Waals surface area (Å²) in [4.78, 5) is 20.8. The molecule has 0 atom stereocenters. The van der Waals surface area contributed by atoms with Crippen LogP contribution in [0.5, 0.6) is 0 Å². The molecule has 0 aliphatic heterocycles. The van der Waals surface area contributed by atoms with Crippen molar-refractivity contribution < 1.29 is 19.4 Å². The smallest absolute Gasteiger partial charge is 0.331 e. The van der Waals surface area contributed by atoms with Gasteiger partial charge in [0, 0.05) is 12.2 Å². The predicted molar refractivity (Wildman–Crippen MR) is 54.0 cm³/mol. The summed E-state index contributed by atoms with van der Waals surface area (Å²) in [6, 6.07) is 0. The van der Waals surface area contributed by atoms with Gasteiger partial charge in [0.05, 0.1) is 0 Å². The van der Waals surface area contributed by atoms with Crippen LogP contribution in [0.2, 0.25) is 0 Å². The summed E-state index contributed by atoms with van der Waals surface area (Å²) in [5.74, 6) is -1.81. The van der Waals surface area contributed by atoms with Crippen LogP contribution in [0.4, 0.5) is 0 Å². The number of carboxylic acid groups (broad SMARTS) is 1. The number of hydrogen-bond acceptors (Lipinski definition) is 3. The van der Waals surface area contributed by atoms with Crippen LogP contribution < -0.4 is 0 Å². The van der Waals surface area contributed by atoms with Gasteiger partial charge in [-0.25, -0.2) is 9.59 Å². The van der Waals surface area contributed by atoms with Crippen molar-refractivity contribution in [2.45, 2.75) is 40.2 Å². The van der Waals surface area contributed by atoms with Gasteiger partial charge >= 0.3 is 11.9 Å². The van der Waals surface area contributed by atoms with Crippen LogP contribution in [0.1, 0.15) is 34.6 Å². The summed E-state index contributed by atoms with van der Waals surface area (Å²) < 4.78 is 4.80. The highest BCUT2D eigenvalue weighted by Gasteiger charge is 2.13. The van der Waals surface area contributed by atoms with E-state index in [4.69, 9.17) is 9.84 Å². The second kappa shape index (κ2) is 7.12. The van der Waals surface area contributed by atoms with E-state index in [0.717, 1.165) is 12.2 Å². The fraction of sp³-hybridized carbons (Fsp3) is 0.600. The Morgan fingerprint density at radius 1 is 1.14 bits per heavy atom. The molecule has 4 heteroatoms. The van der Waals surface area contributed by atoms with Crippen LogP contribution in [0.15, 0.2) is 12.2 Å². The molecule has 0 saturated carbocycles. The summed E-state index contributed by atoms with van der Waals surface area (Å²) >= 11 is 0. The lowest BCUT2D eigenvalue weighted by atomic mass is 10.2. The Bertz CT molecular complexity index is 211. The first kappa shape index (κ1) is 15.2. The van der Waals surface area contributed by atoms with Crippen molar-refractivity contribution in [2.24, 2.45) is 0 Å². The van der Waals surface area contributed by atoms with E-state index in [1.54, 1.807) is 20.8 Å². The second-order valence-electron chi connectivity index (χ2n) is 3.21. The third kappa shape index (κ3) is 13.3. The Kier molecular flexibility index (Phi) is 7.71. The molecule has 0 fully saturated rings. The number of aliphatic carboxylic acids is 1. The normalized spacial score (nSPS) is 10.4. The molecular formula is C10H18O4. The molecule has 1 N–H and O–H groups in total. The highest BCUT2D eigenvalue weighted by atomic mass is 16.6. The number of carbonyl (C=O) groups is 2. The maximum absolute atomic E-state index is 10.8. The molecule has 0 aromatic heterocycles. The number of hydrogen-bond donors (Lipinski definition) is 1. The largest absolute Gasteiger partial charge is 0.478 e. The van der Waals surface area contributed by atoms with Gasteiger partial charge in [-0.3, -0.25) is 0 Å². The molecular weight excluding hydrogens is 184 g/mol. The number of rotatable bonds is 2.